The van der Waals surface area contributed by atoms with Crippen molar-refractivity contribution in [2.75, 3.05) is 20.1 Å². The zero-order chi connectivity index (χ0) is 17.6. The van der Waals surface area contributed by atoms with Crippen LogP contribution in [0.5, 0.6) is 0 Å². The maximum absolute atomic E-state index is 12.1. The van der Waals surface area contributed by atoms with Crippen molar-refractivity contribution in [1.82, 2.24) is 9.62 Å². The fourth-order valence-corrected chi connectivity index (χ4v) is 3.41. The minimum Gasteiger partial charge on any atom is -0.316 e. The Bertz CT molecular complexity index is 644. The van der Waals surface area contributed by atoms with Crippen molar-refractivity contribution in [3.8, 4) is 0 Å². The van der Waals surface area contributed by atoms with Gasteiger partial charge in [0.2, 0.25) is 10.0 Å². The van der Waals surface area contributed by atoms with Crippen molar-refractivity contribution >= 4 is 15.7 Å². The first-order valence-corrected chi connectivity index (χ1v) is 8.95. The zero-order valence-corrected chi connectivity index (χ0v) is 14.5. The van der Waals surface area contributed by atoms with Crippen LogP contribution in [0.25, 0.3) is 0 Å². The third-order valence-corrected chi connectivity index (χ3v) is 5.31. The Hall–Kier alpha value is -1.55. The molecule has 0 saturated heterocycles. The Morgan fingerprint density at radius 1 is 1.35 bits per heavy atom. The van der Waals surface area contributed by atoms with Crippen LogP contribution in [0.3, 0.4) is 0 Å². The van der Waals surface area contributed by atoms with Gasteiger partial charge in [0.1, 0.15) is 0 Å². The van der Waals surface area contributed by atoms with Crippen molar-refractivity contribution in [3.05, 3.63) is 33.9 Å². The van der Waals surface area contributed by atoms with Crippen molar-refractivity contribution in [2.24, 2.45) is 5.73 Å². The number of hydrogen-bond acceptors (Lipinski definition) is 6. The number of nitrogens with zero attached hydrogens (tertiary/aromatic N) is 2. The van der Waals surface area contributed by atoms with Gasteiger partial charge in [0, 0.05) is 12.1 Å². The van der Waals surface area contributed by atoms with Crippen LogP contribution in [-0.2, 0) is 16.4 Å². The third-order valence-electron chi connectivity index (χ3n) is 3.81. The number of rotatable bonds is 9. The van der Waals surface area contributed by atoms with Gasteiger partial charge < -0.3 is 5.73 Å². The van der Waals surface area contributed by atoms with Crippen molar-refractivity contribution < 1.29 is 13.3 Å². The number of benzene rings is 1. The average Bonchev–Trinajstić information content (AvgIpc) is 2.53. The highest BCUT2D eigenvalue weighted by molar-refractivity contribution is 7.89. The van der Waals surface area contributed by atoms with E-state index in [2.05, 4.69) is 9.62 Å². The summed E-state index contributed by atoms with van der Waals surface area (Å²) < 4.78 is 26.4. The third kappa shape index (κ3) is 4.96. The molecule has 1 aromatic carbocycles. The van der Waals surface area contributed by atoms with Crippen molar-refractivity contribution in [3.63, 3.8) is 0 Å². The maximum atomic E-state index is 12.1. The summed E-state index contributed by atoms with van der Waals surface area (Å²) in [4.78, 5) is 12.3. The van der Waals surface area contributed by atoms with Gasteiger partial charge in [-0.1, -0.05) is 19.9 Å². The number of sulfonamides is 1. The van der Waals surface area contributed by atoms with Crippen LogP contribution >= 0.6 is 0 Å². The fourth-order valence-electron chi connectivity index (χ4n) is 2.40. The van der Waals surface area contributed by atoms with Gasteiger partial charge in [0.25, 0.3) is 5.69 Å². The van der Waals surface area contributed by atoms with E-state index in [1.165, 1.54) is 19.2 Å². The number of nitro benzene ring substituents is 1. The SMILES string of the molecule is CCN(CC)C(N)CCc1ccc([N+](=O)[O-])cc1S(=O)(=O)NC. The lowest BCUT2D eigenvalue weighted by atomic mass is 10.1. The quantitative estimate of drug-likeness (QED) is 0.393. The van der Waals surface area contributed by atoms with E-state index in [4.69, 9.17) is 5.73 Å². The van der Waals surface area contributed by atoms with Gasteiger partial charge in [-0.05, 0) is 38.5 Å². The Labute approximate surface area is 136 Å². The second kappa shape index (κ2) is 8.34. The summed E-state index contributed by atoms with van der Waals surface area (Å²) in [5.74, 6) is 0. The summed E-state index contributed by atoms with van der Waals surface area (Å²) in [5, 5.41) is 10.9. The molecule has 0 saturated carbocycles. The molecule has 1 unspecified atom stereocenters. The Kier molecular flexibility index (Phi) is 7.07. The number of aryl methyl sites for hydroxylation is 1. The van der Waals surface area contributed by atoms with Gasteiger partial charge in [0.15, 0.2) is 0 Å². The smallest absolute Gasteiger partial charge is 0.270 e. The highest BCUT2D eigenvalue weighted by Gasteiger charge is 2.21. The summed E-state index contributed by atoms with van der Waals surface area (Å²) in [7, 11) is -2.50. The van der Waals surface area contributed by atoms with Crippen LogP contribution < -0.4 is 10.5 Å². The summed E-state index contributed by atoms with van der Waals surface area (Å²) in [6.45, 7) is 5.62. The van der Waals surface area contributed by atoms with Crippen LogP contribution in [0.4, 0.5) is 5.69 Å². The lowest BCUT2D eigenvalue weighted by molar-refractivity contribution is -0.385. The van der Waals surface area contributed by atoms with Crippen LogP contribution in [0, 0.1) is 10.1 Å². The van der Waals surface area contributed by atoms with E-state index in [9.17, 15) is 18.5 Å². The molecule has 0 bridgehead atoms. The Morgan fingerprint density at radius 2 is 1.96 bits per heavy atom. The Balaban J connectivity index is 3.09. The molecule has 0 radical (unpaired) electrons. The number of nitrogens with one attached hydrogen (secondary N) is 1. The standard InChI is InChI=1S/C14H24N4O4S/c1-4-17(5-2)14(15)9-7-11-6-8-12(18(19)20)10-13(11)23(21,22)16-3/h6,8,10,14,16H,4-5,7,9,15H2,1-3H3. The first-order chi connectivity index (χ1) is 10.8. The summed E-state index contributed by atoms with van der Waals surface area (Å²) in [6, 6.07) is 3.88. The number of nitro groups is 1. The second-order valence-corrected chi connectivity index (χ2v) is 6.94. The van der Waals surface area contributed by atoms with E-state index in [0.29, 0.717) is 18.4 Å². The molecule has 0 spiro atoms. The first-order valence-electron chi connectivity index (χ1n) is 7.47. The normalized spacial score (nSPS) is 13.3. The van der Waals surface area contributed by atoms with Gasteiger partial charge in [0.05, 0.1) is 16.0 Å². The van der Waals surface area contributed by atoms with E-state index < -0.39 is 14.9 Å². The average molecular weight is 344 g/mol. The number of hydrogen-bond donors (Lipinski definition) is 2. The van der Waals surface area contributed by atoms with E-state index in [1.54, 1.807) is 0 Å². The topological polar surface area (TPSA) is 119 Å². The van der Waals surface area contributed by atoms with Gasteiger partial charge in [-0.2, -0.15) is 0 Å². The largest absolute Gasteiger partial charge is 0.316 e. The molecule has 0 fully saturated rings. The monoisotopic (exact) mass is 344 g/mol. The molecule has 9 heteroatoms. The molecular formula is C14H24N4O4S. The molecular weight excluding hydrogens is 320 g/mol. The van der Waals surface area contributed by atoms with Crippen LogP contribution in [0.2, 0.25) is 0 Å². The molecule has 0 heterocycles. The number of non-ortho nitro benzene ring substituents is 1. The van der Waals surface area contributed by atoms with E-state index in [-0.39, 0.29) is 16.7 Å². The second-order valence-electron chi connectivity index (χ2n) is 5.08. The van der Waals surface area contributed by atoms with Gasteiger partial charge >= 0.3 is 0 Å². The molecule has 0 aromatic heterocycles. The molecule has 0 aliphatic carbocycles. The summed E-state index contributed by atoms with van der Waals surface area (Å²) >= 11 is 0. The van der Waals surface area contributed by atoms with Gasteiger partial charge in [-0.25, -0.2) is 13.1 Å². The van der Waals surface area contributed by atoms with Crippen molar-refractivity contribution in [1.29, 1.82) is 0 Å². The summed E-state index contributed by atoms with van der Waals surface area (Å²) in [6.07, 6.45) is 0.794. The molecule has 0 amide bonds. The lowest BCUT2D eigenvalue weighted by Gasteiger charge is -2.26. The molecule has 1 aromatic rings. The van der Waals surface area contributed by atoms with Crippen LogP contribution in [0.15, 0.2) is 23.1 Å². The fraction of sp³-hybridized carbons (Fsp3) is 0.571. The lowest BCUT2D eigenvalue weighted by Crippen LogP contribution is -2.42. The molecule has 23 heavy (non-hydrogen) atoms. The van der Waals surface area contributed by atoms with Crippen molar-refractivity contribution in [2.45, 2.75) is 37.8 Å². The minimum absolute atomic E-state index is 0.0686. The molecule has 0 aliphatic rings. The number of nitrogens with two attached hydrogens (primary N) is 1. The molecule has 1 rings (SSSR count). The predicted molar refractivity (Wildman–Crippen MR) is 88.6 cm³/mol. The van der Waals surface area contributed by atoms with E-state index in [0.717, 1.165) is 19.2 Å². The van der Waals surface area contributed by atoms with Crippen LogP contribution in [-0.4, -0.2) is 44.5 Å². The Morgan fingerprint density at radius 3 is 2.43 bits per heavy atom. The predicted octanol–water partition coefficient (Wildman–Crippen LogP) is 1.06. The molecule has 0 aliphatic heterocycles. The maximum Gasteiger partial charge on any atom is 0.270 e. The zero-order valence-electron chi connectivity index (χ0n) is 13.7. The van der Waals surface area contributed by atoms with E-state index in [1.807, 2.05) is 13.8 Å². The molecule has 3 N–H and O–H groups in total. The first kappa shape index (κ1) is 19.5. The van der Waals surface area contributed by atoms with E-state index >= 15 is 0 Å². The van der Waals surface area contributed by atoms with Crippen LogP contribution in [0.1, 0.15) is 25.8 Å². The molecule has 1 atom stereocenters. The summed E-state index contributed by atoms with van der Waals surface area (Å²) in [5.41, 5.74) is 6.38. The molecule has 130 valence electrons. The molecule has 8 nitrogen and oxygen atoms in total. The highest BCUT2D eigenvalue weighted by Crippen LogP contribution is 2.23. The van der Waals surface area contributed by atoms with Gasteiger partial charge in [-0.3, -0.25) is 15.0 Å². The minimum atomic E-state index is -3.77. The highest BCUT2D eigenvalue weighted by atomic mass is 32.2. The van der Waals surface area contributed by atoms with Gasteiger partial charge in [-0.15, -0.1) is 0 Å².